The molecule has 0 amide bonds. The number of nitrogens with zero attached hydrogens (tertiary/aromatic N) is 4. The Bertz CT molecular complexity index is 535. The Hall–Kier alpha value is -1.66. The zero-order chi connectivity index (χ0) is 16.2. The van der Waals surface area contributed by atoms with E-state index in [2.05, 4.69) is 21.7 Å². The number of anilines is 1. The van der Waals surface area contributed by atoms with E-state index in [9.17, 15) is 10.1 Å². The summed E-state index contributed by atoms with van der Waals surface area (Å²) in [6.45, 7) is 7.65. The average molecular weight is 318 g/mol. The van der Waals surface area contributed by atoms with Crippen LogP contribution in [0.1, 0.15) is 12.8 Å². The zero-order valence-electron chi connectivity index (χ0n) is 13.9. The van der Waals surface area contributed by atoms with Crippen molar-refractivity contribution >= 4 is 11.4 Å². The fourth-order valence-electron chi connectivity index (χ4n) is 3.60. The van der Waals surface area contributed by atoms with Crippen LogP contribution < -0.4 is 4.90 Å². The highest BCUT2D eigenvalue weighted by molar-refractivity contribution is 5.53. The summed E-state index contributed by atoms with van der Waals surface area (Å²) < 4.78 is 0. The molecule has 0 unspecified atom stereocenters. The van der Waals surface area contributed by atoms with Crippen LogP contribution in [0.3, 0.4) is 0 Å². The van der Waals surface area contributed by atoms with Crippen molar-refractivity contribution in [2.45, 2.75) is 12.8 Å². The molecule has 1 aromatic rings. The second kappa shape index (κ2) is 7.27. The molecule has 0 N–H and O–H groups in total. The van der Waals surface area contributed by atoms with Crippen molar-refractivity contribution in [2.75, 3.05) is 57.8 Å². The molecule has 2 aliphatic heterocycles. The molecule has 2 heterocycles. The molecule has 1 aromatic carbocycles. The van der Waals surface area contributed by atoms with Crippen LogP contribution in [-0.2, 0) is 0 Å². The Labute approximate surface area is 137 Å². The van der Waals surface area contributed by atoms with Gasteiger partial charge in [-0.25, -0.2) is 0 Å². The molecule has 126 valence electrons. The van der Waals surface area contributed by atoms with Gasteiger partial charge in [0.05, 0.1) is 4.92 Å². The number of rotatable bonds is 4. The van der Waals surface area contributed by atoms with Gasteiger partial charge in [-0.2, -0.15) is 0 Å². The zero-order valence-corrected chi connectivity index (χ0v) is 13.9. The standard InChI is InChI=1S/C17H26N4O2/c1-18-7-5-15(6-8-18)14-19-9-11-20(12-10-19)16-3-2-4-17(13-16)21(22)23/h2-4,13,15H,5-12,14H2,1H3. The highest BCUT2D eigenvalue weighted by atomic mass is 16.6. The molecule has 0 radical (unpaired) electrons. The van der Waals surface area contributed by atoms with Gasteiger partial charge in [-0.15, -0.1) is 0 Å². The van der Waals surface area contributed by atoms with Gasteiger partial charge >= 0.3 is 0 Å². The van der Waals surface area contributed by atoms with E-state index < -0.39 is 0 Å². The second-order valence-corrected chi connectivity index (χ2v) is 6.81. The Morgan fingerprint density at radius 2 is 1.83 bits per heavy atom. The Kier molecular flexibility index (Phi) is 5.13. The van der Waals surface area contributed by atoms with Crippen LogP contribution in [0.4, 0.5) is 11.4 Å². The largest absolute Gasteiger partial charge is 0.369 e. The van der Waals surface area contributed by atoms with Crippen LogP contribution in [0.15, 0.2) is 24.3 Å². The highest BCUT2D eigenvalue weighted by Crippen LogP contribution is 2.23. The highest BCUT2D eigenvalue weighted by Gasteiger charge is 2.23. The van der Waals surface area contributed by atoms with E-state index in [0.29, 0.717) is 0 Å². The van der Waals surface area contributed by atoms with Gasteiger partial charge in [0.1, 0.15) is 0 Å². The molecular formula is C17H26N4O2. The molecule has 0 bridgehead atoms. The van der Waals surface area contributed by atoms with E-state index >= 15 is 0 Å². The summed E-state index contributed by atoms with van der Waals surface area (Å²) in [5, 5.41) is 10.9. The molecule has 6 nitrogen and oxygen atoms in total. The van der Waals surface area contributed by atoms with E-state index in [4.69, 9.17) is 0 Å². The molecule has 0 atom stereocenters. The quantitative estimate of drug-likeness (QED) is 0.628. The predicted octanol–water partition coefficient (Wildman–Crippen LogP) is 2.06. The molecule has 0 aromatic heterocycles. The summed E-state index contributed by atoms with van der Waals surface area (Å²) in [5.41, 5.74) is 1.15. The third kappa shape index (κ3) is 4.20. The summed E-state index contributed by atoms with van der Waals surface area (Å²) in [6.07, 6.45) is 2.61. The van der Waals surface area contributed by atoms with Gasteiger partial charge in [-0.3, -0.25) is 15.0 Å². The first kappa shape index (κ1) is 16.2. The van der Waals surface area contributed by atoms with Gasteiger partial charge in [0.25, 0.3) is 5.69 Å². The van der Waals surface area contributed by atoms with Crippen molar-refractivity contribution in [1.29, 1.82) is 0 Å². The maximum absolute atomic E-state index is 10.9. The molecule has 23 heavy (non-hydrogen) atoms. The number of nitro groups is 1. The first-order chi connectivity index (χ1) is 11.1. The van der Waals surface area contributed by atoms with Gasteiger partial charge < -0.3 is 9.80 Å². The van der Waals surface area contributed by atoms with Crippen LogP contribution in [0.5, 0.6) is 0 Å². The molecular weight excluding hydrogens is 292 g/mol. The van der Waals surface area contributed by atoms with Gasteiger partial charge in [-0.05, 0) is 45.0 Å². The van der Waals surface area contributed by atoms with Crippen molar-refractivity contribution in [1.82, 2.24) is 9.80 Å². The molecule has 0 saturated carbocycles. The normalized spacial score (nSPS) is 21.5. The monoisotopic (exact) mass is 318 g/mol. The van der Waals surface area contributed by atoms with Crippen LogP contribution in [-0.4, -0.2) is 67.6 Å². The first-order valence-corrected chi connectivity index (χ1v) is 8.52. The van der Waals surface area contributed by atoms with Crippen LogP contribution >= 0.6 is 0 Å². The minimum Gasteiger partial charge on any atom is -0.369 e. The number of piperazine rings is 1. The SMILES string of the molecule is CN1CCC(CN2CCN(c3cccc([N+](=O)[O-])c3)CC2)CC1. The van der Waals surface area contributed by atoms with Crippen molar-refractivity contribution in [3.05, 3.63) is 34.4 Å². The smallest absolute Gasteiger partial charge is 0.271 e. The number of hydrogen-bond donors (Lipinski definition) is 0. The molecule has 6 heteroatoms. The number of piperidine rings is 1. The number of hydrogen-bond acceptors (Lipinski definition) is 5. The number of benzene rings is 1. The molecule has 0 spiro atoms. The molecule has 0 aliphatic carbocycles. The van der Waals surface area contributed by atoms with Crippen LogP contribution in [0.25, 0.3) is 0 Å². The van der Waals surface area contributed by atoms with E-state index in [-0.39, 0.29) is 10.6 Å². The third-order valence-electron chi connectivity index (χ3n) is 5.13. The average Bonchev–Trinajstić information content (AvgIpc) is 2.58. The topological polar surface area (TPSA) is 52.9 Å². The molecule has 2 aliphatic rings. The maximum atomic E-state index is 10.9. The minimum atomic E-state index is -0.320. The lowest BCUT2D eigenvalue weighted by Gasteiger charge is -2.39. The summed E-state index contributed by atoms with van der Waals surface area (Å²) in [7, 11) is 2.20. The van der Waals surface area contributed by atoms with E-state index in [1.807, 2.05) is 6.07 Å². The van der Waals surface area contributed by atoms with Gasteiger partial charge in [0, 0.05) is 50.5 Å². The number of non-ortho nitro benzene ring substituents is 1. The third-order valence-corrected chi connectivity index (χ3v) is 5.13. The van der Waals surface area contributed by atoms with Gasteiger partial charge in [0.15, 0.2) is 0 Å². The number of nitro benzene ring substituents is 1. The lowest BCUT2D eigenvalue weighted by atomic mass is 9.96. The molecule has 2 fully saturated rings. The van der Waals surface area contributed by atoms with E-state index in [1.54, 1.807) is 18.2 Å². The lowest BCUT2D eigenvalue weighted by Crippen LogP contribution is -2.48. The Balaban J connectivity index is 1.50. The van der Waals surface area contributed by atoms with Crippen molar-refractivity contribution in [2.24, 2.45) is 5.92 Å². The summed E-state index contributed by atoms with van der Waals surface area (Å²) in [5.74, 6) is 0.829. The van der Waals surface area contributed by atoms with E-state index in [1.165, 1.54) is 32.5 Å². The summed E-state index contributed by atoms with van der Waals surface area (Å²) in [4.78, 5) is 17.8. The van der Waals surface area contributed by atoms with Crippen molar-refractivity contribution < 1.29 is 4.92 Å². The van der Waals surface area contributed by atoms with Crippen molar-refractivity contribution in [3.63, 3.8) is 0 Å². The van der Waals surface area contributed by atoms with Crippen molar-refractivity contribution in [3.8, 4) is 0 Å². The lowest BCUT2D eigenvalue weighted by molar-refractivity contribution is -0.384. The number of likely N-dealkylation sites (tertiary alicyclic amines) is 1. The second-order valence-electron chi connectivity index (χ2n) is 6.81. The predicted molar refractivity (Wildman–Crippen MR) is 92.0 cm³/mol. The maximum Gasteiger partial charge on any atom is 0.271 e. The Morgan fingerprint density at radius 1 is 1.13 bits per heavy atom. The summed E-state index contributed by atoms with van der Waals surface area (Å²) in [6, 6.07) is 6.99. The first-order valence-electron chi connectivity index (χ1n) is 8.52. The summed E-state index contributed by atoms with van der Waals surface area (Å²) >= 11 is 0. The van der Waals surface area contributed by atoms with Crippen LogP contribution in [0, 0.1) is 16.0 Å². The molecule has 2 saturated heterocycles. The Morgan fingerprint density at radius 3 is 2.48 bits per heavy atom. The van der Waals surface area contributed by atoms with Crippen LogP contribution in [0.2, 0.25) is 0 Å². The molecule has 3 rings (SSSR count). The fraction of sp³-hybridized carbons (Fsp3) is 0.647. The minimum absolute atomic E-state index is 0.177. The van der Waals surface area contributed by atoms with Gasteiger partial charge in [-0.1, -0.05) is 6.07 Å². The fourth-order valence-corrected chi connectivity index (χ4v) is 3.60. The van der Waals surface area contributed by atoms with E-state index in [0.717, 1.165) is 37.8 Å². The van der Waals surface area contributed by atoms with Gasteiger partial charge in [0.2, 0.25) is 0 Å².